The maximum absolute atomic E-state index is 12.4. The molecule has 226 valence electrons. The van der Waals surface area contributed by atoms with E-state index in [9.17, 15) is 9.59 Å². The SMILES string of the molecule is COc1ccc(/C=C2/C(=O)Nc3ccc(Cl)cc32)cc1-c1ccccc1.O=C1Nc2ccccc2/C1=C/c1ccc2c(c1)CCO2. The molecule has 7 heteroatoms. The molecule has 0 atom stereocenters. The van der Waals surface area contributed by atoms with Crippen LogP contribution in [0.1, 0.15) is 27.8 Å². The third kappa shape index (κ3) is 5.78. The molecule has 0 unspecified atom stereocenters. The third-order valence-electron chi connectivity index (χ3n) is 8.12. The fraction of sp³-hybridized carbons (Fsp3) is 0.0769. The van der Waals surface area contributed by atoms with Crippen molar-refractivity contribution in [3.05, 3.63) is 142 Å². The van der Waals surface area contributed by atoms with Gasteiger partial charge in [0.1, 0.15) is 11.5 Å². The number of benzene rings is 5. The van der Waals surface area contributed by atoms with Gasteiger partial charge in [-0.25, -0.2) is 0 Å². The van der Waals surface area contributed by atoms with Crippen LogP contribution in [0.15, 0.2) is 109 Å². The Morgan fingerprint density at radius 1 is 0.696 bits per heavy atom. The molecule has 0 bridgehead atoms. The van der Waals surface area contributed by atoms with E-state index in [1.165, 1.54) is 5.56 Å². The number of methoxy groups -OCH3 is 1. The third-order valence-corrected chi connectivity index (χ3v) is 8.35. The first-order valence-corrected chi connectivity index (χ1v) is 15.3. The summed E-state index contributed by atoms with van der Waals surface area (Å²) in [5, 5.41) is 6.36. The molecule has 6 nitrogen and oxygen atoms in total. The van der Waals surface area contributed by atoms with Crippen molar-refractivity contribution < 1.29 is 19.1 Å². The van der Waals surface area contributed by atoms with Gasteiger partial charge in [-0.3, -0.25) is 9.59 Å². The normalized spacial score (nSPS) is 15.7. The summed E-state index contributed by atoms with van der Waals surface area (Å²) in [5.74, 6) is 1.59. The van der Waals surface area contributed by atoms with Gasteiger partial charge in [0.2, 0.25) is 0 Å². The molecule has 3 aliphatic rings. The number of para-hydroxylation sites is 1. The predicted octanol–water partition coefficient (Wildman–Crippen LogP) is 8.62. The van der Waals surface area contributed by atoms with Crippen molar-refractivity contribution in [3.8, 4) is 22.6 Å². The highest BCUT2D eigenvalue weighted by molar-refractivity contribution is 6.37. The quantitative estimate of drug-likeness (QED) is 0.196. The highest BCUT2D eigenvalue weighted by atomic mass is 35.5. The van der Waals surface area contributed by atoms with Gasteiger partial charge in [-0.2, -0.15) is 0 Å². The van der Waals surface area contributed by atoms with E-state index in [-0.39, 0.29) is 11.8 Å². The van der Waals surface area contributed by atoms with Crippen LogP contribution in [0.25, 0.3) is 34.4 Å². The van der Waals surface area contributed by atoms with Crippen molar-refractivity contribution in [1.29, 1.82) is 0 Å². The minimum absolute atomic E-state index is 0.0389. The molecule has 8 rings (SSSR count). The van der Waals surface area contributed by atoms with E-state index in [0.717, 1.165) is 74.9 Å². The second-order valence-electron chi connectivity index (χ2n) is 11.1. The fourth-order valence-electron chi connectivity index (χ4n) is 5.87. The molecular formula is C39H29ClN2O4. The summed E-state index contributed by atoms with van der Waals surface area (Å²) in [6.07, 6.45) is 4.76. The van der Waals surface area contributed by atoms with E-state index in [0.29, 0.717) is 10.6 Å². The Morgan fingerprint density at radius 3 is 2.15 bits per heavy atom. The Labute approximate surface area is 272 Å². The van der Waals surface area contributed by atoms with Crippen LogP contribution in [0.3, 0.4) is 0 Å². The Hall–Kier alpha value is -5.59. The zero-order valence-corrected chi connectivity index (χ0v) is 25.7. The lowest BCUT2D eigenvalue weighted by molar-refractivity contribution is -0.111. The molecule has 0 aliphatic carbocycles. The first-order valence-electron chi connectivity index (χ1n) is 14.9. The number of halogens is 1. The van der Waals surface area contributed by atoms with Crippen LogP contribution in [-0.2, 0) is 16.0 Å². The number of amides is 2. The molecule has 3 heterocycles. The Morgan fingerprint density at radius 2 is 1.37 bits per heavy atom. The summed E-state index contributed by atoms with van der Waals surface area (Å²) >= 11 is 6.10. The summed E-state index contributed by atoms with van der Waals surface area (Å²) in [7, 11) is 1.66. The topological polar surface area (TPSA) is 76.7 Å². The first kappa shape index (κ1) is 29.1. The minimum atomic E-state index is -0.126. The maximum Gasteiger partial charge on any atom is 0.256 e. The average Bonchev–Trinajstić information content (AvgIpc) is 3.77. The van der Waals surface area contributed by atoms with Crippen LogP contribution in [0.5, 0.6) is 11.5 Å². The van der Waals surface area contributed by atoms with Crippen molar-refractivity contribution in [2.45, 2.75) is 6.42 Å². The smallest absolute Gasteiger partial charge is 0.256 e. The number of fused-ring (bicyclic) bond motifs is 3. The fourth-order valence-corrected chi connectivity index (χ4v) is 6.05. The Bertz CT molecular complexity index is 2070. The number of nitrogens with one attached hydrogen (secondary N) is 2. The van der Waals surface area contributed by atoms with E-state index in [1.807, 2.05) is 109 Å². The van der Waals surface area contributed by atoms with Gasteiger partial charge in [-0.1, -0.05) is 72.3 Å². The molecule has 0 radical (unpaired) electrons. The van der Waals surface area contributed by atoms with Gasteiger partial charge in [-0.15, -0.1) is 0 Å². The van der Waals surface area contributed by atoms with Crippen molar-refractivity contribution in [2.24, 2.45) is 0 Å². The second kappa shape index (κ2) is 12.4. The van der Waals surface area contributed by atoms with Crippen molar-refractivity contribution in [3.63, 3.8) is 0 Å². The summed E-state index contributed by atoms with van der Waals surface area (Å²) in [4.78, 5) is 24.4. The second-order valence-corrected chi connectivity index (χ2v) is 11.5. The number of ether oxygens (including phenoxy) is 2. The number of anilines is 2. The summed E-state index contributed by atoms with van der Waals surface area (Å²) in [5.41, 5.74) is 9.98. The van der Waals surface area contributed by atoms with Gasteiger partial charge in [0.15, 0.2) is 0 Å². The zero-order valence-electron chi connectivity index (χ0n) is 25.0. The van der Waals surface area contributed by atoms with E-state index in [1.54, 1.807) is 13.2 Å². The van der Waals surface area contributed by atoms with Crippen LogP contribution >= 0.6 is 11.6 Å². The number of hydrogen-bond acceptors (Lipinski definition) is 4. The molecule has 0 aromatic heterocycles. The van der Waals surface area contributed by atoms with E-state index < -0.39 is 0 Å². The summed E-state index contributed by atoms with van der Waals surface area (Å²) < 4.78 is 11.0. The van der Waals surface area contributed by atoms with Crippen molar-refractivity contribution >= 4 is 58.1 Å². The molecule has 3 aliphatic heterocycles. The molecule has 2 N–H and O–H groups in total. The molecule has 0 fully saturated rings. The monoisotopic (exact) mass is 624 g/mol. The summed E-state index contributed by atoms with van der Waals surface area (Å²) in [6, 6.07) is 35.1. The van der Waals surface area contributed by atoms with Crippen molar-refractivity contribution in [2.75, 3.05) is 24.4 Å². The first-order chi connectivity index (χ1) is 22.5. The summed E-state index contributed by atoms with van der Waals surface area (Å²) in [6.45, 7) is 0.749. The predicted molar refractivity (Wildman–Crippen MR) is 185 cm³/mol. The lowest BCUT2D eigenvalue weighted by Gasteiger charge is -2.10. The average molecular weight is 625 g/mol. The maximum atomic E-state index is 12.4. The number of carbonyl (C=O) groups excluding carboxylic acids is 2. The Balaban J connectivity index is 0.000000152. The van der Waals surface area contributed by atoms with E-state index >= 15 is 0 Å². The van der Waals surface area contributed by atoms with E-state index in [4.69, 9.17) is 21.1 Å². The number of carbonyl (C=O) groups is 2. The lowest BCUT2D eigenvalue weighted by atomic mass is 9.99. The van der Waals surface area contributed by atoms with Gasteiger partial charge in [-0.05, 0) is 82.9 Å². The van der Waals surface area contributed by atoms with Crippen molar-refractivity contribution in [1.82, 2.24) is 0 Å². The van der Waals surface area contributed by atoms with Gasteiger partial charge in [0.25, 0.3) is 11.8 Å². The molecule has 0 saturated carbocycles. The van der Waals surface area contributed by atoms with Crippen LogP contribution in [0.2, 0.25) is 5.02 Å². The van der Waals surface area contributed by atoms with Gasteiger partial charge >= 0.3 is 0 Å². The molecule has 2 amide bonds. The van der Waals surface area contributed by atoms with Gasteiger partial charge < -0.3 is 20.1 Å². The minimum Gasteiger partial charge on any atom is -0.496 e. The standard InChI is InChI=1S/C22H16ClNO2.C17H13NO2/c1-26-21-10-7-14(11-17(21)15-5-3-2-4-6-15)12-19-18-13-16(23)8-9-20(18)24-22(19)25;19-17-14(13-3-1-2-4-15(13)18-17)10-11-5-6-16-12(9-11)7-8-20-16/h2-13H,1H3,(H,24,25);1-6,9-10H,7-8H2,(H,18,19)/b19-12+;14-10-. The lowest BCUT2D eigenvalue weighted by Crippen LogP contribution is -2.03. The number of rotatable bonds is 4. The van der Waals surface area contributed by atoms with E-state index in [2.05, 4.69) is 16.7 Å². The molecule has 5 aromatic carbocycles. The van der Waals surface area contributed by atoms with Gasteiger partial charge in [0, 0.05) is 50.7 Å². The molecule has 46 heavy (non-hydrogen) atoms. The number of hydrogen-bond donors (Lipinski definition) is 2. The van der Waals surface area contributed by atoms with Crippen LogP contribution in [-0.4, -0.2) is 25.5 Å². The molecule has 0 saturated heterocycles. The highest BCUT2D eigenvalue weighted by Crippen LogP contribution is 2.37. The van der Waals surface area contributed by atoms with Gasteiger partial charge in [0.05, 0.1) is 13.7 Å². The largest absolute Gasteiger partial charge is 0.496 e. The van der Waals surface area contributed by atoms with Crippen LogP contribution in [0, 0.1) is 0 Å². The molecular weight excluding hydrogens is 596 g/mol. The van der Waals surface area contributed by atoms with Crippen LogP contribution < -0.4 is 20.1 Å². The highest BCUT2D eigenvalue weighted by Gasteiger charge is 2.25. The molecule has 0 spiro atoms. The molecule has 5 aromatic rings. The Kier molecular flexibility index (Phi) is 7.87. The zero-order chi connectivity index (χ0) is 31.6. The van der Waals surface area contributed by atoms with Crippen LogP contribution in [0.4, 0.5) is 11.4 Å².